The first kappa shape index (κ1) is 13.0. The van der Waals surface area contributed by atoms with Crippen LogP contribution in [0.4, 0.5) is 0 Å². The maximum Gasteiger partial charge on any atom is 0.122 e. The first-order valence-corrected chi connectivity index (χ1v) is 5.78. The summed E-state index contributed by atoms with van der Waals surface area (Å²) in [4.78, 5) is 0. The average Bonchev–Trinajstić information content (AvgIpc) is 2.24. The van der Waals surface area contributed by atoms with Crippen LogP contribution in [0.1, 0.15) is 26.3 Å². The van der Waals surface area contributed by atoms with Gasteiger partial charge in [-0.1, -0.05) is 39.0 Å². The predicted molar refractivity (Wildman–Crippen MR) is 69.0 cm³/mol. The van der Waals surface area contributed by atoms with Crippen molar-refractivity contribution in [2.75, 3.05) is 14.2 Å². The lowest BCUT2D eigenvalue weighted by Gasteiger charge is -2.30. The number of nitrogens with one attached hydrogen (secondary N) is 1. The van der Waals surface area contributed by atoms with E-state index in [1.54, 1.807) is 7.11 Å². The van der Waals surface area contributed by atoms with Crippen LogP contribution in [0.2, 0.25) is 0 Å². The molecule has 1 aromatic rings. The van der Waals surface area contributed by atoms with Gasteiger partial charge in [0.25, 0.3) is 0 Å². The number of rotatable bonds is 4. The molecule has 1 rings (SSSR count). The third-order valence-electron chi connectivity index (χ3n) is 3.01. The summed E-state index contributed by atoms with van der Waals surface area (Å²) in [6.07, 6.45) is 0.990. The Labute approximate surface area is 99.0 Å². The van der Waals surface area contributed by atoms with E-state index in [0.717, 1.165) is 12.2 Å². The normalized spacial score (nSPS) is 13.6. The lowest BCUT2D eigenvalue weighted by atomic mass is 9.83. The minimum atomic E-state index is 0.246. The molecule has 0 bridgehead atoms. The minimum absolute atomic E-state index is 0.246. The van der Waals surface area contributed by atoms with Crippen molar-refractivity contribution in [2.24, 2.45) is 5.41 Å². The van der Waals surface area contributed by atoms with Gasteiger partial charge in [-0.05, 0) is 30.5 Å². The van der Waals surface area contributed by atoms with Crippen LogP contribution < -0.4 is 10.1 Å². The summed E-state index contributed by atoms with van der Waals surface area (Å²) in [6, 6.07) is 8.67. The molecule has 0 heterocycles. The van der Waals surface area contributed by atoms with Crippen molar-refractivity contribution in [1.82, 2.24) is 5.32 Å². The molecule has 0 aliphatic carbocycles. The smallest absolute Gasteiger partial charge is 0.122 e. The number of methoxy groups -OCH3 is 1. The summed E-state index contributed by atoms with van der Waals surface area (Å²) in [6.45, 7) is 6.76. The van der Waals surface area contributed by atoms with Gasteiger partial charge < -0.3 is 10.1 Å². The number of ether oxygens (including phenoxy) is 1. The maximum atomic E-state index is 5.38. The van der Waals surface area contributed by atoms with E-state index in [0.29, 0.717) is 6.04 Å². The fourth-order valence-corrected chi connectivity index (χ4v) is 1.93. The first-order valence-electron chi connectivity index (χ1n) is 5.78. The topological polar surface area (TPSA) is 21.3 Å². The summed E-state index contributed by atoms with van der Waals surface area (Å²) < 4.78 is 5.38. The standard InChI is InChI=1S/C14H23NO/c1-14(2,3)13(15-4)10-11-8-6-7-9-12(11)16-5/h6-9,13,15H,10H2,1-5H3. The zero-order chi connectivity index (χ0) is 12.2. The van der Waals surface area contributed by atoms with E-state index >= 15 is 0 Å². The second kappa shape index (κ2) is 5.35. The zero-order valence-electron chi connectivity index (χ0n) is 11.0. The zero-order valence-corrected chi connectivity index (χ0v) is 11.0. The summed E-state index contributed by atoms with van der Waals surface area (Å²) >= 11 is 0. The average molecular weight is 221 g/mol. The molecule has 0 aliphatic heterocycles. The van der Waals surface area contributed by atoms with Crippen LogP contribution in [0.3, 0.4) is 0 Å². The van der Waals surface area contributed by atoms with Crippen LogP contribution in [0.5, 0.6) is 5.75 Å². The Bertz CT molecular complexity index is 328. The van der Waals surface area contributed by atoms with Gasteiger partial charge in [-0.2, -0.15) is 0 Å². The van der Waals surface area contributed by atoms with Crippen LogP contribution in [-0.2, 0) is 6.42 Å². The van der Waals surface area contributed by atoms with Gasteiger partial charge in [0, 0.05) is 6.04 Å². The van der Waals surface area contributed by atoms with Gasteiger partial charge in [-0.15, -0.1) is 0 Å². The van der Waals surface area contributed by atoms with Gasteiger partial charge >= 0.3 is 0 Å². The largest absolute Gasteiger partial charge is 0.496 e. The summed E-state index contributed by atoms with van der Waals surface area (Å²) in [5.74, 6) is 0.979. The first-order chi connectivity index (χ1) is 7.49. The molecule has 0 spiro atoms. The Morgan fingerprint density at radius 3 is 2.38 bits per heavy atom. The van der Waals surface area contributed by atoms with Crippen LogP contribution in [-0.4, -0.2) is 20.2 Å². The molecule has 90 valence electrons. The summed E-state index contributed by atoms with van der Waals surface area (Å²) in [5.41, 5.74) is 1.51. The van der Waals surface area contributed by atoms with Crippen molar-refractivity contribution in [3.05, 3.63) is 29.8 Å². The number of hydrogen-bond acceptors (Lipinski definition) is 2. The van der Waals surface area contributed by atoms with E-state index < -0.39 is 0 Å². The Balaban J connectivity index is 2.86. The highest BCUT2D eigenvalue weighted by atomic mass is 16.5. The number of hydrogen-bond donors (Lipinski definition) is 1. The molecule has 0 radical (unpaired) electrons. The van der Waals surface area contributed by atoms with Gasteiger partial charge in [0.15, 0.2) is 0 Å². The van der Waals surface area contributed by atoms with Gasteiger partial charge in [0.2, 0.25) is 0 Å². The minimum Gasteiger partial charge on any atom is -0.496 e. The fraction of sp³-hybridized carbons (Fsp3) is 0.571. The lowest BCUT2D eigenvalue weighted by molar-refractivity contribution is 0.277. The van der Waals surface area contributed by atoms with Crippen LogP contribution in [0.15, 0.2) is 24.3 Å². The maximum absolute atomic E-state index is 5.38. The number of para-hydroxylation sites is 1. The molecule has 1 N–H and O–H groups in total. The Hall–Kier alpha value is -1.02. The summed E-state index contributed by atoms with van der Waals surface area (Å²) in [7, 11) is 3.75. The molecule has 0 saturated heterocycles. The molecule has 16 heavy (non-hydrogen) atoms. The van der Waals surface area contributed by atoms with Crippen molar-refractivity contribution >= 4 is 0 Å². The molecule has 0 amide bonds. The molecular weight excluding hydrogens is 198 g/mol. The van der Waals surface area contributed by atoms with E-state index in [-0.39, 0.29) is 5.41 Å². The van der Waals surface area contributed by atoms with Gasteiger partial charge in [-0.3, -0.25) is 0 Å². The SMILES string of the molecule is CNC(Cc1ccccc1OC)C(C)(C)C. The quantitative estimate of drug-likeness (QED) is 0.844. The fourth-order valence-electron chi connectivity index (χ4n) is 1.93. The van der Waals surface area contributed by atoms with Crippen molar-refractivity contribution in [3.8, 4) is 5.75 Å². The van der Waals surface area contributed by atoms with E-state index in [2.05, 4.69) is 38.2 Å². The summed E-state index contributed by atoms with van der Waals surface area (Å²) in [5, 5.41) is 3.39. The monoisotopic (exact) mass is 221 g/mol. The van der Waals surface area contributed by atoms with Crippen molar-refractivity contribution < 1.29 is 4.74 Å². The number of benzene rings is 1. The second-order valence-electron chi connectivity index (χ2n) is 5.22. The lowest BCUT2D eigenvalue weighted by Crippen LogP contribution is -2.39. The highest BCUT2D eigenvalue weighted by Gasteiger charge is 2.23. The molecule has 1 unspecified atom stereocenters. The molecule has 1 atom stereocenters. The van der Waals surface area contributed by atoms with Crippen LogP contribution >= 0.6 is 0 Å². The van der Waals surface area contributed by atoms with Crippen molar-refractivity contribution in [1.29, 1.82) is 0 Å². The highest BCUT2D eigenvalue weighted by Crippen LogP contribution is 2.26. The third kappa shape index (κ3) is 3.24. The van der Waals surface area contributed by atoms with E-state index in [4.69, 9.17) is 4.74 Å². The van der Waals surface area contributed by atoms with Gasteiger partial charge in [0.05, 0.1) is 7.11 Å². The second-order valence-corrected chi connectivity index (χ2v) is 5.22. The highest BCUT2D eigenvalue weighted by molar-refractivity contribution is 5.34. The van der Waals surface area contributed by atoms with E-state index in [1.807, 2.05) is 19.2 Å². The van der Waals surface area contributed by atoms with E-state index in [1.165, 1.54) is 5.56 Å². The molecule has 2 heteroatoms. The molecule has 0 saturated carbocycles. The molecule has 2 nitrogen and oxygen atoms in total. The Kier molecular flexibility index (Phi) is 4.36. The molecule has 0 fully saturated rings. The number of likely N-dealkylation sites (N-methyl/N-ethyl adjacent to an activating group) is 1. The molecule has 0 aliphatic rings. The van der Waals surface area contributed by atoms with Crippen LogP contribution in [0.25, 0.3) is 0 Å². The molecular formula is C14H23NO. The van der Waals surface area contributed by atoms with Crippen molar-refractivity contribution in [2.45, 2.75) is 33.2 Å². The van der Waals surface area contributed by atoms with E-state index in [9.17, 15) is 0 Å². The molecule has 0 aromatic heterocycles. The third-order valence-corrected chi connectivity index (χ3v) is 3.01. The van der Waals surface area contributed by atoms with Gasteiger partial charge in [0.1, 0.15) is 5.75 Å². The Morgan fingerprint density at radius 1 is 1.25 bits per heavy atom. The van der Waals surface area contributed by atoms with Crippen molar-refractivity contribution in [3.63, 3.8) is 0 Å². The predicted octanol–water partition coefficient (Wildman–Crippen LogP) is 2.87. The van der Waals surface area contributed by atoms with Gasteiger partial charge in [-0.25, -0.2) is 0 Å². The van der Waals surface area contributed by atoms with Crippen LogP contribution in [0, 0.1) is 5.41 Å². The Morgan fingerprint density at radius 2 is 1.88 bits per heavy atom. The molecule has 1 aromatic carbocycles.